The van der Waals surface area contributed by atoms with Crippen molar-refractivity contribution >= 4 is 16.9 Å². The summed E-state index contributed by atoms with van der Waals surface area (Å²) in [4.78, 5) is 18.9. The third-order valence-corrected chi connectivity index (χ3v) is 7.62. The molecule has 0 bridgehead atoms. The number of methoxy groups -OCH3 is 3. The van der Waals surface area contributed by atoms with E-state index in [1.807, 2.05) is 6.07 Å². The van der Waals surface area contributed by atoms with Crippen LogP contribution < -0.4 is 4.74 Å². The Morgan fingerprint density at radius 1 is 1.23 bits per heavy atom. The number of nitrogens with one attached hydrogen (secondary N) is 1. The van der Waals surface area contributed by atoms with Crippen molar-refractivity contribution in [2.45, 2.75) is 37.5 Å². The largest absolute Gasteiger partial charge is 0.497 e. The van der Waals surface area contributed by atoms with Crippen LogP contribution in [0.15, 0.2) is 18.2 Å². The second-order valence-electron chi connectivity index (χ2n) is 8.90. The monoisotopic (exact) mass is 414 g/mol. The molecular formula is C23H30N2O5. The highest BCUT2D eigenvalue weighted by atomic mass is 16.5. The number of H-pyrrole nitrogens is 1. The van der Waals surface area contributed by atoms with E-state index in [0.717, 1.165) is 37.2 Å². The quantitative estimate of drug-likeness (QED) is 0.750. The molecule has 2 aliphatic heterocycles. The number of piperidine rings is 1. The molecule has 0 spiro atoms. The Balaban J connectivity index is 1.52. The summed E-state index contributed by atoms with van der Waals surface area (Å²) in [5.41, 5.74) is 3.73. The van der Waals surface area contributed by atoms with Gasteiger partial charge in [0.25, 0.3) is 0 Å². The first-order valence-corrected chi connectivity index (χ1v) is 10.8. The number of rotatable bonds is 3. The van der Waals surface area contributed by atoms with E-state index in [0.29, 0.717) is 6.42 Å². The molecule has 0 unspecified atom stereocenters. The number of hydrogen-bond donors (Lipinski definition) is 2. The fraction of sp³-hybridized carbons (Fsp3) is 0.609. The van der Waals surface area contributed by atoms with Crippen molar-refractivity contribution in [2.75, 3.05) is 34.4 Å². The highest BCUT2D eigenvalue weighted by Crippen LogP contribution is 2.50. The molecule has 2 fully saturated rings. The fourth-order valence-corrected chi connectivity index (χ4v) is 6.27. The lowest BCUT2D eigenvalue weighted by Crippen LogP contribution is -2.57. The zero-order valence-corrected chi connectivity index (χ0v) is 17.8. The van der Waals surface area contributed by atoms with E-state index < -0.39 is 18.1 Å². The molecule has 3 heterocycles. The maximum atomic E-state index is 12.7. The van der Waals surface area contributed by atoms with Gasteiger partial charge >= 0.3 is 5.97 Å². The third-order valence-electron chi connectivity index (χ3n) is 7.62. The Kier molecular flexibility index (Phi) is 5.00. The van der Waals surface area contributed by atoms with Gasteiger partial charge in [-0.15, -0.1) is 0 Å². The first kappa shape index (κ1) is 19.8. The number of aliphatic hydroxyl groups excluding tert-OH is 1. The molecule has 1 aromatic heterocycles. The van der Waals surface area contributed by atoms with Gasteiger partial charge in [0.1, 0.15) is 5.75 Å². The van der Waals surface area contributed by atoms with Crippen LogP contribution in [0.2, 0.25) is 0 Å². The number of ether oxygens (including phenoxy) is 3. The van der Waals surface area contributed by atoms with Crippen molar-refractivity contribution in [2.24, 2.45) is 17.8 Å². The highest BCUT2D eigenvalue weighted by molar-refractivity contribution is 5.86. The number of carbonyl (C=O) groups is 1. The smallest absolute Gasteiger partial charge is 0.311 e. The van der Waals surface area contributed by atoms with Gasteiger partial charge < -0.3 is 24.3 Å². The lowest BCUT2D eigenvalue weighted by Gasteiger charge is -2.52. The van der Waals surface area contributed by atoms with Crippen LogP contribution in [-0.4, -0.2) is 67.6 Å². The highest BCUT2D eigenvalue weighted by Gasteiger charge is 2.53. The Labute approximate surface area is 176 Å². The third kappa shape index (κ3) is 2.94. The molecule has 30 heavy (non-hydrogen) atoms. The standard InChI is InChI=1S/C23H30N2O5/c1-28-13-4-5-14-15-6-7-25-11-12-8-19(26)22(29-2)20(23(27)30-3)16(12)10-18(25)21(15)24-17(14)9-13/h4-5,9,12,16,18-20,22,24,26H,6-8,10-11H2,1-3H3/t12-,16+,18+,19-,20+,22+/m1/s1. The first-order valence-electron chi connectivity index (χ1n) is 10.8. The van der Waals surface area contributed by atoms with Crippen molar-refractivity contribution in [1.29, 1.82) is 0 Å². The molecule has 5 rings (SSSR count). The molecule has 1 aliphatic carbocycles. The van der Waals surface area contributed by atoms with E-state index in [1.165, 1.54) is 23.8 Å². The molecule has 7 nitrogen and oxygen atoms in total. The summed E-state index contributed by atoms with van der Waals surface area (Å²) in [5.74, 6) is 0.514. The van der Waals surface area contributed by atoms with Crippen LogP contribution in [0.5, 0.6) is 5.75 Å². The summed E-state index contributed by atoms with van der Waals surface area (Å²) >= 11 is 0. The Bertz CT molecular complexity index is 956. The molecule has 2 N–H and O–H groups in total. The van der Waals surface area contributed by atoms with Crippen LogP contribution in [0.25, 0.3) is 10.9 Å². The molecule has 6 atom stereocenters. The molecule has 0 radical (unpaired) electrons. The molecule has 7 heteroatoms. The SMILES string of the molecule is COC(=O)[C@H]1[C@H]2C[C@H]3c4[nH]c5cc(OC)ccc5c4CCN3C[C@H]2C[C@@H](O)[C@@H]1OC. The van der Waals surface area contributed by atoms with Crippen molar-refractivity contribution in [1.82, 2.24) is 9.88 Å². The number of nitrogens with zero attached hydrogens (tertiary/aromatic N) is 1. The zero-order valence-electron chi connectivity index (χ0n) is 17.8. The average molecular weight is 415 g/mol. The van der Waals surface area contributed by atoms with Gasteiger partial charge in [0.2, 0.25) is 0 Å². The number of aromatic amines is 1. The van der Waals surface area contributed by atoms with Gasteiger partial charge in [-0.2, -0.15) is 0 Å². The molecular weight excluding hydrogens is 384 g/mol. The van der Waals surface area contributed by atoms with Crippen LogP contribution in [0.3, 0.4) is 0 Å². The average Bonchev–Trinajstić information content (AvgIpc) is 3.14. The van der Waals surface area contributed by atoms with Crippen LogP contribution >= 0.6 is 0 Å². The molecule has 162 valence electrons. The molecule has 2 aromatic rings. The van der Waals surface area contributed by atoms with E-state index in [9.17, 15) is 9.90 Å². The second-order valence-corrected chi connectivity index (χ2v) is 8.90. The van der Waals surface area contributed by atoms with Crippen molar-refractivity contribution in [3.8, 4) is 5.75 Å². The maximum Gasteiger partial charge on any atom is 0.311 e. The van der Waals surface area contributed by atoms with Gasteiger partial charge in [0.15, 0.2) is 0 Å². The van der Waals surface area contributed by atoms with Crippen LogP contribution in [-0.2, 0) is 20.7 Å². The normalized spacial score (nSPS) is 33.5. The predicted molar refractivity (Wildman–Crippen MR) is 111 cm³/mol. The fourth-order valence-electron chi connectivity index (χ4n) is 6.27. The van der Waals surface area contributed by atoms with Crippen LogP contribution in [0.1, 0.15) is 30.1 Å². The summed E-state index contributed by atoms with van der Waals surface area (Å²) in [6, 6.07) is 6.44. The molecule has 1 saturated carbocycles. The Morgan fingerprint density at radius 2 is 2.07 bits per heavy atom. The topological polar surface area (TPSA) is 84.0 Å². The number of hydrogen-bond acceptors (Lipinski definition) is 6. The summed E-state index contributed by atoms with van der Waals surface area (Å²) in [6.45, 7) is 1.88. The van der Waals surface area contributed by atoms with Crippen molar-refractivity contribution < 1.29 is 24.1 Å². The van der Waals surface area contributed by atoms with E-state index in [4.69, 9.17) is 14.2 Å². The summed E-state index contributed by atoms with van der Waals surface area (Å²) in [7, 11) is 4.68. The van der Waals surface area contributed by atoms with Crippen LogP contribution in [0.4, 0.5) is 0 Å². The van der Waals surface area contributed by atoms with Crippen molar-refractivity contribution in [3.63, 3.8) is 0 Å². The molecule has 0 amide bonds. The number of aliphatic hydroxyl groups is 1. The molecule has 3 aliphatic rings. The van der Waals surface area contributed by atoms with Gasteiger partial charge in [0, 0.05) is 42.9 Å². The zero-order chi connectivity index (χ0) is 21.0. The molecule has 1 aromatic carbocycles. The van der Waals surface area contributed by atoms with E-state index in [-0.39, 0.29) is 23.8 Å². The van der Waals surface area contributed by atoms with E-state index >= 15 is 0 Å². The van der Waals surface area contributed by atoms with E-state index in [1.54, 1.807) is 14.2 Å². The maximum absolute atomic E-state index is 12.7. The number of esters is 1. The number of benzene rings is 1. The number of fused-ring (bicyclic) bond motifs is 6. The van der Waals surface area contributed by atoms with Gasteiger partial charge in [-0.3, -0.25) is 9.69 Å². The lowest BCUT2D eigenvalue weighted by atomic mass is 9.64. The summed E-state index contributed by atoms with van der Waals surface area (Å²) < 4.78 is 16.1. The van der Waals surface area contributed by atoms with Gasteiger partial charge in [-0.1, -0.05) is 0 Å². The Morgan fingerprint density at radius 3 is 2.80 bits per heavy atom. The number of carbonyl (C=O) groups excluding carboxylic acids is 1. The van der Waals surface area contributed by atoms with Gasteiger partial charge in [-0.05, 0) is 48.8 Å². The minimum Gasteiger partial charge on any atom is -0.497 e. The summed E-state index contributed by atoms with van der Waals surface area (Å²) in [5, 5.41) is 11.9. The van der Waals surface area contributed by atoms with Gasteiger partial charge in [0.05, 0.1) is 38.4 Å². The van der Waals surface area contributed by atoms with Gasteiger partial charge in [-0.25, -0.2) is 0 Å². The minimum absolute atomic E-state index is 0.124. The lowest BCUT2D eigenvalue weighted by molar-refractivity contribution is -0.175. The van der Waals surface area contributed by atoms with Crippen LogP contribution in [0, 0.1) is 17.8 Å². The predicted octanol–water partition coefficient (Wildman–Crippen LogP) is 2.28. The second kappa shape index (κ2) is 7.55. The number of aromatic nitrogens is 1. The van der Waals surface area contributed by atoms with E-state index in [2.05, 4.69) is 22.0 Å². The first-order chi connectivity index (χ1) is 14.5. The van der Waals surface area contributed by atoms with Crippen molar-refractivity contribution in [3.05, 3.63) is 29.5 Å². The Hall–Kier alpha value is -2.09. The minimum atomic E-state index is -0.641. The summed E-state index contributed by atoms with van der Waals surface area (Å²) in [6.07, 6.45) is 1.36. The molecule has 1 saturated heterocycles.